The summed E-state index contributed by atoms with van der Waals surface area (Å²) in [7, 11) is 0. The molecule has 1 N–H and O–H groups in total. The fourth-order valence-corrected chi connectivity index (χ4v) is 0. The molecule has 0 aromatic heterocycles. The van der Waals surface area contributed by atoms with E-state index in [1.54, 1.807) is 0 Å². The fraction of sp³-hybridized carbons (Fsp3) is 0.333. The quantitative estimate of drug-likeness (QED) is 0.207. The van der Waals surface area contributed by atoms with Gasteiger partial charge < -0.3 is 29.0 Å². The van der Waals surface area contributed by atoms with Gasteiger partial charge in [-0.25, -0.2) is 0 Å². The van der Waals surface area contributed by atoms with Crippen molar-refractivity contribution >= 4 is 41.1 Å². The summed E-state index contributed by atoms with van der Waals surface area (Å²) >= 11 is 4.89. The molecule has 0 bridgehead atoms. The van der Waals surface area contributed by atoms with Crippen LogP contribution in [0.2, 0.25) is 0 Å². The topological polar surface area (TPSA) is 37.3 Å². The molecule has 0 aliphatic carbocycles. The first kappa shape index (κ1) is 23.0. The van der Waals surface area contributed by atoms with Crippen molar-refractivity contribution < 1.29 is 26.9 Å². The van der Waals surface area contributed by atoms with Gasteiger partial charge in [0.25, 0.3) is 6.47 Å². The van der Waals surface area contributed by atoms with E-state index >= 15 is 0 Å². The molecule has 0 heterocycles. The maximum atomic E-state index is 8.36. The maximum Gasteiger partial charge on any atom is 2.00 e. The summed E-state index contributed by atoms with van der Waals surface area (Å²) in [5.41, 5.74) is 0. The third kappa shape index (κ3) is 250. The number of carbonyl (C=O) groups is 1. The summed E-state index contributed by atoms with van der Waals surface area (Å²) < 4.78 is 0. The standard InChI is InChI=1S/C2H4Cl.CH2O2.BrH.Mg/c1-2-3;2-1-3;;/h1-2H2;1H,(H,2,3);1H;/q-1;;;+2/p-1. The van der Waals surface area contributed by atoms with Crippen LogP contribution >= 0.6 is 11.6 Å². The van der Waals surface area contributed by atoms with Crippen LogP contribution in [0.4, 0.5) is 0 Å². The van der Waals surface area contributed by atoms with Crippen LogP contribution in [0.25, 0.3) is 0 Å². The van der Waals surface area contributed by atoms with E-state index in [0.717, 1.165) is 0 Å². The molecule has 8 heavy (non-hydrogen) atoms. The van der Waals surface area contributed by atoms with E-state index in [0.29, 0.717) is 5.88 Å². The summed E-state index contributed by atoms with van der Waals surface area (Å²) in [5, 5.41) is 6.89. The Hall–Kier alpha value is 1.01. The minimum Gasteiger partial charge on any atom is -1.00 e. The van der Waals surface area contributed by atoms with E-state index in [2.05, 4.69) is 6.92 Å². The first-order valence-corrected chi connectivity index (χ1v) is 1.80. The van der Waals surface area contributed by atoms with Gasteiger partial charge in [0, 0.05) is 0 Å². The fourth-order valence-electron chi connectivity index (χ4n) is 0. The van der Waals surface area contributed by atoms with Gasteiger partial charge in [-0.3, -0.25) is 4.79 Å². The zero-order valence-electron chi connectivity index (χ0n) is 4.31. The second kappa shape index (κ2) is 43.5. The summed E-state index contributed by atoms with van der Waals surface area (Å²) in [6.07, 6.45) is 0. The minimum atomic E-state index is -0.250. The molecule has 0 saturated heterocycles. The Kier molecular flexibility index (Phi) is 125. The zero-order valence-corrected chi connectivity index (χ0v) is 8.07. The van der Waals surface area contributed by atoms with Crippen LogP contribution in [0.15, 0.2) is 0 Å². The molecule has 46 valence electrons. The third-order valence-electron chi connectivity index (χ3n) is 0. The van der Waals surface area contributed by atoms with Crippen LogP contribution in [-0.2, 0) is 4.79 Å². The molecule has 2 nitrogen and oxygen atoms in total. The van der Waals surface area contributed by atoms with E-state index in [-0.39, 0.29) is 46.5 Å². The van der Waals surface area contributed by atoms with Gasteiger partial charge in [0.05, 0.1) is 0 Å². The van der Waals surface area contributed by atoms with Crippen LogP contribution in [0.1, 0.15) is 0 Å². The molecule has 0 fully saturated rings. The predicted molar refractivity (Wildman–Crippen MR) is 30.5 cm³/mol. The van der Waals surface area contributed by atoms with Crippen molar-refractivity contribution in [3.05, 3.63) is 6.92 Å². The van der Waals surface area contributed by atoms with Gasteiger partial charge in [0.1, 0.15) is 0 Å². The van der Waals surface area contributed by atoms with Gasteiger partial charge in [0.2, 0.25) is 0 Å². The molecular formula is C3H6BrClMgO2. The summed E-state index contributed by atoms with van der Waals surface area (Å²) in [5.74, 6) is 0.472. The van der Waals surface area contributed by atoms with Crippen molar-refractivity contribution in [3.8, 4) is 0 Å². The van der Waals surface area contributed by atoms with Crippen molar-refractivity contribution in [2.45, 2.75) is 0 Å². The SMILES string of the molecule is O=CO.[Br-].[CH2-]CCl.[Mg+2]. The van der Waals surface area contributed by atoms with Crippen molar-refractivity contribution in [2.24, 2.45) is 0 Å². The number of alkyl halides is 1. The minimum absolute atomic E-state index is 0. The smallest absolute Gasteiger partial charge is 1.00 e. The summed E-state index contributed by atoms with van der Waals surface area (Å²) in [4.78, 5) is 8.36. The van der Waals surface area contributed by atoms with Crippen molar-refractivity contribution in [1.82, 2.24) is 0 Å². The molecular weight excluding hydrogens is 208 g/mol. The van der Waals surface area contributed by atoms with Crippen LogP contribution in [0, 0.1) is 6.92 Å². The van der Waals surface area contributed by atoms with Gasteiger partial charge in [-0.15, -0.1) is 5.88 Å². The average Bonchev–Trinajstić information content (AvgIpc) is 1.39. The normalized spacial score (nSPS) is 3.75. The molecule has 0 rings (SSSR count). The van der Waals surface area contributed by atoms with Crippen LogP contribution < -0.4 is 17.0 Å². The summed E-state index contributed by atoms with van der Waals surface area (Å²) in [6.45, 7) is 3.00. The van der Waals surface area contributed by atoms with E-state index < -0.39 is 0 Å². The second-order valence-electron chi connectivity index (χ2n) is 0.294. The molecule has 0 aliphatic rings. The van der Waals surface area contributed by atoms with E-state index in [1.807, 2.05) is 0 Å². The Morgan fingerprint density at radius 2 is 1.75 bits per heavy atom. The Balaban J connectivity index is -0.0000000160. The molecule has 0 aromatic carbocycles. The largest absolute Gasteiger partial charge is 2.00 e. The molecule has 0 unspecified atom stereocenters. The zero-order chi connectivity index (χ0) is 5.41. The molecule has 0 aliphatic heterocycles. The molecule has 0 spiro atoms. The average molecular weight is 214 g/mol. The van der Waals surface area contributed by atoms with Crippen LogP contribution in [-0.4, -0.2) is 40.5 Å². The maximum absolute atomic E-state index is 8.36. The monoisotopic (exact) mass is 212 g/mol. The van der Waals surface area contributed by atoms with E-state index in [9.17, 15) is 0 Å². The number of rotatable bonds is 0. The predicted octanol–water partition coefficient (Wildman–Crippen LogP) is -2.62. The molecule has 0 radical (unpaired) electrons. The first-order valence-electron chi connectivity index (χ1n) is 1.26. The Morgan fingerprint density at radius 1 is 1.75 bits per heavy atom. The Morgan fingerprint density at radius 3 is 1.75 bits per heavy atom. The van der Waals surface area contributed by atoms with E-state index in [1.165, 1.54) is 0 Å². The van der Waals surface area contributed by atoms with Crippen LogP contribution in [0.5, 0.6) is 0 Å². The Labute approximate surface area is 80.5 Å². The van der Waals surface area contributed by atoms with Crippen molar-refractivity contribution in [1.29, 1.82) is 0 Å². The molecule has 0 aromatic rings. The number of hydrogen-bond acceptors (Lipinski definition) is 1. The van der Waals surface area contributed by atoms with Gasteiger partial charge in [-0.1, -0.05) is 0 Å². The summed E-state index contributed by atoms with van der Waals surface area (Å²) in [6, 6.07) is 0. The van der Waals surface area contributed by atoms with Crippen molar-refractivity contribution in [2.75, 3.05) is 5.88 Å². The van der Waals surface area contributed by atoms with E-state index in [4.69, 9.17) is 21.5 Å². The van der Waals surface area contributed by atoms with Gasteiger partial charge in [0.15, 0.2) is 0 Å². The molecule has 0 saturated carbocycles. The molecule has 0 atom stereocenters. The Bertz CT molecular complexity index is 31.2. The second-order valence-corrected chi connectivity index (χ2v) is 0.672. The number of hydrogen-bond donors (Lipinski definition) is 1. The number of halogens is 2. The van der Waals surface area contributed by atoms with Gasteiger partial charge >= 0.3 is 23.1 Å². The first-order chi connectivity index (χ1) is 2.83. The molecule has 5 heteroatoms. The third-order valence-corrected chi connectivity index (χ3v) is 0. The van der Waals surface area contributed by atoms with Gasteiger partial charge in [-0.2, -0.15) is 11.6 Å². The number of carboxylic acid groups (broad SMARTS) is 1. The van der Waals surface area contributed by atoms with Crippen LogP contribution in [0.3, 0.4) is 0 Å². The van der Waals surface area contributed by atoms with Gasteiger partial charge in [-0.05, 0) is 0 Å². The van der Waals surface area contributed by atoms with Crippen molar-refractivity contribution in [3.63, 3.8) is 0 Å². The molecule has 0 amide bonds.